The number of pyridine rings is 1. The van der Waals surface area contributed by atoms with Gasteiger partial charge in [-0.3, -0.25) is 4.79 Å². The molecule has 1 atom stereocenters. The SMILES string of the molecule is CCC(C)Nc1ccc(NC(=O)c2ccc(OC)cc2)nc1. The monoisotopic (exact) mass is 299 g/mol. The van der Waals surface area contributed by atoms with Crippen LogP contribution in [0.25, 0.3) is 0 Å². The highest BCUT2D eigenvalue weighted by Crippen LogP contribution is 2.15. The van der Waals surface area contributed by atoms with E-state index in [0.29, 0.717) is 17.4 Å². The Morgan fingerprint density at radius 3 is 2.50 bits per heavy atom. The zero-order valence-electron chi connectivity index (χ0n) is 13.1. The number of aromatic nitrogens is 1. The van der Waals surface area contributed by atoms with Crippen molar-refractivity contribution in [1.29, 1.82) is 0 Å². The molecule has 0 radical (unpaired) electrons. The van der Waals surface area contributed by atoms with Crippen LogP contribution in [0, 0.1) is 0 Å². The summed E-state index contributed by atoms with van der Waals surface area (Å²) in [6.07, 6.45) is 2.76. The van der Waals surface area contributed by atoms with Crippen LogP contribution in [0.2, 0.25) is 0 Å². The van der Waals surface area contributed by atoms with Crippen molar-refractivity contribution in [3.8, 4) is 5.75 Å². The molecule has 22 heavy (non-hydrogen) atoms. The molecule has 2 N–H and O–H groups in total. The van der Waals surface area contributed by atoms with Gasteiger partial charge in [0, 0.05) is 11.6 Å². The van der Waals surface area contributed by atoms with Gasteiger partial charge in [-0.15, -0.1) is 0 Å². The molecule has 0 fully saturated rings. The molecule has 1 heterocycles. The maximum atomic E-state index is 12.1. The van der Waals surface area contributed by atoms with E-state index in [1.54, 1.807) is 43.6 Å². The Bertz CT molecular complexity index is 609. The number of carbonyl (C=O) groups excluding carboxylic acids is 1. The van der Waals surface area contributed by atoms with Gasteiger partial charge in [0.05, 0.1) is 19.0 Å². The van der Waals surface area contributed by atoms with E-state index in [0.717, 1.165) is 17.9 Å². The third-order valence-electron chi connectivity index (χ3n) is 3.38. The molecule has 1 unspecified atom stereocenters. The van der Waals surface area contributed by atoms with Crippen LogP contribution in [-0.2, 0) is 0 Å². The quantitative estimate of drug-likeness (QED) is 0.856. The number of rotatable bonds is 6. The summed E-state index contributed by atoms with van der Waals surface area (Å²) in [6.45, 7) is 4.23. The number of nitrogens with zero attached hydrogens (tertiary/aromatic N) is 1. The Hall–Kier alpha value is -2.56. The molecule has 116 valence electrons. The molecule has 0 bridgehead atoms. The molecule has 0 saturated carbocycles. The number of anilines is 2. The smallest absolute Gasteiger partial charge is 0.256 e. The van der Waals surface area contributed by atoms with Crippen LogP contribution in [0.1, 0.15) is 30.6 Å². The first kappa shape index (κ1) is 15.8. The van der Waals surface area contributed by atoms with Crippen molar-refractivity contribution in [2.24, 2.45) is 0 Å². The predicted octanol–water partition coefficient (Wildman–Crippen LogP) is 3.55. The summed E-state index contributed by atoms with van der Waals surface area (Å²) in [5.41, 5.74) is 1.50. The second kappa shape index (κ2) is 7.45. The Kier molecular flexibility index (Phi) is 5.36. The number of amides is 1. The number of hydrogen-bond donors (Lipinski definition) is 2. The highest BCUT2D eigenvalue weighted by molar-refractivity contribution is 6.03. The van der Waals surface area contributed by atoms with Crippen molar-refractivity contribution in [2.75, 3.05) is 17.7 Å². The molecule has 5 heteroatoms. The van der Waals surface area contributed by atoms with Gasteiger partial charge in [-0.2, -0.15) is 0 Å². The molecular formula is C17H21N3O2. The van der Waals surface area contributed by atoms with E-state index >= 15 is 0 Å². The zero-order chi connectivity index (χ0) is 15.9. The maximum absolute atomic E-state index is 12.1. The van der Waals surface area contributed by atoms with Crippen molar-refractivity contribution < 1.29 is 9.53 Å². The van der Waals surface area contributed by atoms with E-state index in [-0.39, 0.29) is 5.91 Å². The lowest BCUT2D eigenvalue weighted by atomic mass is 10.2. The molecule has 0 spiro atoms. The van der Waals surface area contributed by atoms with Crippen LogP contribution >= 0.6 is 0 Å². The number of methoxy groups -OCH3 is 1. The van der Waals surface area contributed by atoms with Crippen LogP contribution < -0.4 is 15.4 Å². The van der Waals surface area contributed by atoms with Gasteiger partial charge >= 0.3 is 0 Å². The van der Waals surface area contributed by atoms with Crippen LogP contribution in [-0.4, -0.2) is 24.0 Å². The number of nitrogens with one attached hydrogen (secondary N) is 2. The molecule has 1 aromatic heterocycles. The molecule has 1 aromatic carbocycles. The van der Waals surface area contributed by atoms with Crippen molar-refractivity contribution >= 4 is 17.4 Å². The maximum Gasteiger partial charge on any atom is 0.256 e. The third kappa shape index (κ3) is 4.22. The van der Waals surface area contributed by atoms with Gasteiger partial charge in [-0.1, -0.05) is 6.92 Å². The standard InChI is InChI=1S/C17H21N3O2/c1-4-12(2)19-14-7-10-16(18-11-14)20-17(21)13-5-8-15(22-3)9-6-13/h5-12,19H,4H2,1-3H3,(H,18,20,21). The van der Waals surface area contributed by atoms with E-state index in [4.69, 9.17) is 4.74 Å². The third-order valence-corrected chi connectivity index (χ3v) is 3.38. The molecule has 1 amide bonds. The van der Waals surface area contributed by atoms with Gasteiger partial charge in [-0.25, -0.2) is 4.98 Å². The second-order valence-corrected chi connectivity index (χ2v) is 5.07. The number of benzene rings is 1. The van der Waals surface area contributed by atoms with E-state index < -0.39 is 0 Å². The fourth-order valence-electron chi connectivity index (χ4n) is 1.87. The number of hydrogen-bond acceptors (Lipinski definition) is 4. The number of ether oxygens (including phenoxy) is 1. The minimum atomic E-state index is -0.196. The Labute approximate surface area is 130 Å². The van der Waals surface area contributed by atoms with Crippen LogP contribution in [0.5, 0.6) is 5.75 Å². The van der Waals surface area contributed by atoms with Gasteiger partial charge in [0.1, 0.15) is 11.6 Å². The van der Waals surface area contributed by atoms with E-state index in [1.807, 2.05) is 6.07 Å². The first-order chi connectivity index (χ1) is 10.6. The first-order valence-corrected chi connectivity index (χ1v) is 7.30. The van der Waals surface area contributed by atoms with E-state index in [1.165, 1.54) is 0 Å². The Balaban J connectivity index is 1.98. The minimum Gasteiger partial charge on any atom is -0.497 e. The lowest BCUT2D eigenvalue weighted by Gasteiger charge is -2.13. The van der Waals surface area contributed by atoms with Gasteiger partial charge < -0.3 is 15.4 Å². The summed E-state index contributed by atoms with van der Waals surface area (Å²) >= 11 is 0. The zero-order valence-corrected chi connectivity index (χ0v) is 13.1. The first-order valence-electron chi connectivity index (χ1n) is 7.30. The van der Waals surface area contributed by atoms with Gasteiger partial charge in [0.25, 0.3) is 5.91 Å². The summed E-state index contributed by atoms with van der Waals surface area (Å²) in [7, 11) is 1.59. The normalized spacial score (nSPS) is 11.6. The largest absolute Gasteiger partial charge is 0.497 e. The highest BCUT2D eigenvalue weighted by Gasteiger charge is 2.07. The Morgan fingerprint density at radius 1 is 1.23 bits per heavy atom. The van der Waals surface area contributed by atoms with E-state index in [2.05, 4.69) is 29.5 Å². The lowest BCUT2D eigenvalue weighted by Crippen LogP contribution is -2.15. The second-order valence-electron chi connectivity index (χ2n) is 5.07. The lowest BCUT2D eigenvalue weighted by molar-refractivity contribution is 0.102. The molecule has 0 aliphatic carbocycles. The molecule has 5 nitrogen and oxygen atoms in total. The highest BCUT2D eigenvalue weighted by atomic mass is 16.5. The number of carbonyl (C=O) groups is 1. The fourth-order valence-corrected chi connectivity index (χ4v) is 1.87. The topological polar surface area (TPSA) is 63.2 Å². The molecular weight excluding hydrogens is 278 g/mol. The average molecular weight is 299 g/mol. The van der Waals surface area contributed by atoms with Crippen molar-refractivity contribution in [3.05, 3.63) is 48.2 Å². The van der Waals surface area contributed by atoms with Crippen LogP contribution in [0.15, 0.2) is 42.6 Å². The van der Waals surface area contributed by atoms with Gasteiger partial charge in [0.2, 0.25) is 0 Å². The predicted molar refractivity (Wildman–Crippen MR) is 88.6 cm³/mol. The molecule has 0 aliphatic rings. The summed E-state index contributed by atoms with van der Waals surface area (Å²) < 4.78 is 5.07. The molecule has 0 aliphatic heterocycles. The summed E-state index contributed by atoms with van der Waals surface area (Å²) in [5, 5.41) is 6.10. The van der Waals surface area contributed by atoms with Crippen LogP contribution in [0.4, 0.5) is 11.5 Å². The van der Waals surface area contributed by atoms with Crippen LogP contribution in [0.3, 0.4) is 0 Å². The van der Waals surface area contributed by atoms with Crippen molar-refractivity contribution in [2.45, 2.75) is 26.3 Å². The molecule has 2 rings (SSSR count). The summed E-state index contributed by atoms with van der Waals surface area (Å²) in [5.74, 6) is 1.04. The molecule has 2 aromatic rings. The minimum absolute atomic E-state index is 0.196. The summed E-state index contributed by atoms with van der Waals surface area (Å²) in [4.78, 5) is 16.4. The average Bonchev–Trinajstić information content (AvgIpc) is 2.56. The summed E-state index contributed by atoms with van der Waals surface area (Å²) in [6, 6.07) is 11.0. The van der Waals surface area contributed by atoms with E-state index in [9.17, 15) is 4.79 Å². The Morgan fingerprint density at radius 2 is 1.95 bits per heavy atom. The molecule has 0 saturated heterocycles. The van der Waals surface area contributed by atoms with Gasteiger partial charge in [0.15, 0.2) is 0 Å². The van der Waals surface area contributed by atoms with Gasteiger partial charge in [-0.05, 0) is 49.7 Å². The van der Waals surface area contributed by atoms with Crippen molar-refractivity contribution in [3.63, 3.8) is 0 Å². The van der Waals surface area contributed by atoms with Crippen molar-refractivity contribution in [1.82, 2.24) is 4.98 Å². The fraction of sp³-hybridized carbons (Fsp3) is 0.294.